The van der Waals surface area contributed by atoms with Gasteiger partial charge < -0.3 is 10.0 Å². The first-order chi connectivity index (χ1) is 11.0. The van der Waals surface area contributed by atoms with E-state index in [0.29, 0.717) is 5.41 Å². The summed E-state index contributed by atoms with van der Waals surface area (Å²) in [5, 5.41) is 12.7. The largest absolute Gasteiger partial charge is 0.476 e. The van der Waals surface area contributed by atoms with Gasteiger partial charge in [0.05, 0.1) is 0 Å². The molecule has 0 spiro atoms. The fourth-order valence-corrected chi connectivity index (χ4v) is 3.57. The van der Waals surface area contributed by atoms with Crippen molar-refractivity contribution in [2.24, 2.45) is 5.41 Å². The Morgan fingerprint density at radius 1 is 1.22 bits per heavy atom. The van der Waals surface area contributed by atoms with Crippen LogP contribution in [0.5, 0.6) is 0 Å². The van der Waals surface area contributed by atoms with Crippen LogP contribution in [0.15, 0.2) is 12.3 Å². The van der Waals surface area contributed by atoms with Crippen LogP contribution in [0.4, 0.5) is 4.79 Å². The minimum Gasteiger partial charge on any atom is -0.476 e. The highest BCUT2D eigenvalue weighted by Gasteiger charge is 2.35. The number of aromatic nitrogens is 2. The molecule has 0 unspecified atom stereocenters. The van der Waals surface area contributed by atoms with E-state index < -0.39 is 5.97 Å². The maximum Gasteiger partial charge on any atom is 0.356 e. The van der Waals surface area contributed by atoms with Gasteiger partial charge in [0.25, 0.3) is 0 Å². The van der Waals surface area contributed by atoms with Crippen molar-refractivity contribution in [1.82, 2.24) is 14.7 Å². The second-order valence-electron chi connectivity index (χ2n) is 6.57. The minimum atomic E-state index is -1.11. The second-order valence-corrected chi connectivity index (χ2v) is 6.57. The van der Waals surface area contributed by atoms with Gasteiger partial charge in [-0.25, -0.2) is 9.59 Å². The summed E-state index contributed by atoms with van der Waals surface area (Å²) < 4.78 is 1.14. The fourth-order valence-electron chi connectivity index (χ4n) is 3.57. The number of amides is 1. The molecule has 1 aliphatic rings. The van der Waals surface area contributed by atoms with Gasteiger partial charge in [-0.3, -0.25) is 0 Å². The zero-order valence-corrected chi connectivity index (χ0v) is 14.1. The summed E-state index contributed by atoms with van der Waals surface area (Å²) in [5.41, 5.74) is 0.274. The number of rotatable bonds is 6. The minimum absolute atomic E-state index is 0.0985. The Kier molecular flexibility index (Phi) is 5.80. The van der Waals surface area contributed by atoms with Crippen LogP contribution in [0.25, 0.3) is 0 Å². The van der Waals surface area contributed by atoms with E-state index in [-0.39, 0.29) is 11.7 Å². The number of carbonyl (C=O) groups is 2. The SMILES string of the molecule is CCCCC1(CCC)CCN(C(=O)n2ccc(C(=O)O)n2)CC1. The molecule has 6 nitrogen and oxygen atoms in total. The number of nitrogens with zero attached hydrogens (tertiary/aromatic N) is 3. The van der Waals surface area contributed by atoms with Crippen LogP contribution >= 0.6 is 0 Å². The van der Waals surface area contributed by atoms with Crippen LogP contribution < -0.4 is 0 Å². The van der Waals surface area contributed by atoms with E-state index in [1.807, 2.05) is 0 Å². The van der Waals surface area contributed by atoms with E-state index in [2.05, 4.69) is 18.9 Å². The van der Waals surface area contributed by atoms with Crippen LogP contribution in [-0.2, 0) is 0 Å². The van der Waals surface area contributed by atoms with Crippen LogP contribution in [-0.4, -0.2) is 44.9 Å². The molecule has 1 aromatic heterocycles. The monoisotopic (exact) mass is 321 g/mol. The van der Waals surface area contributed by atoms with E-state index in [4.69, 9.17) is 5.11 Å². The summed E-state index contributed by atoms with van der Waals surface area (Å²) in [6, 6.07) is 1.13. The molecule has 0 aliphatic carbocycles. The second kappa shape index (κ2) is 7.62. The summed E-state index contributed by atoms with van der Waals surface area (Å²) in [6.07, 6.45) is 9.58. The lowest BCUT2D eigenvalue weighted by Crippen LogP contribution is -2.45. The Balaban J connectivity index is 1.98. The number of unbranched alkanes of at least 4 members (excludes halogenated alkanes) is 1. The van der Waals surface area contributed by atoms with E-state index in [1.165, 1.54) is 44.4 Å². The van der Waals surface area contributed by atoms with Gasteiger partial charge in [-0.1, -0.05) is 33.1 Å². The topological polar surface area (TPSA) is 75.4 Å². The van der Waals surface area contributed by atoms with Crippen molar-refractivity contribution in [3.8, 4) is 0 Å². The van der Waals surface area contributed by atoms with Gasteiger partial charge in [0, 0.05) is 19.3 Å². The third-order valence-corrected chi connectivity index (χ3v) is 4.94. The predicted molar refractivity (Wildman–Crippen MR) is 87.7 cm³/mol. The molecule has 1 saturated heterocycles. The molecule has 1 aromatic rings. The summed E-state index contributed by atoms with van der Waals surface area (Å²) in [7, 11) is 0. The Morgan fingerprint density at radius 2 is 1.91 bits per heavy atom. The number of carboxylic acids is 1. The molecular weight excluding hydrogens is 294 g/mol. The third kappa shape index (κ3) is 4.12. The van der Waals surface area contributed by atoms with Crippen molar-refractivity contribution < 1.29 is 14.7 Å². The van der Waals surface area contributed by atoms with Gasteiger partial charge in [-0.15, -0.1) is 0 Å². The molecule has 1 N–H and O–H groups in total. The van der Waals surface area contributed by atoms with E-state index in [0.717, 1.165) is 30.6 Å². The van der Waals surface area contributed by atoms with Crippen LogP contribution in [0, 0.1) is 5.41 Å². The number of likely N-dealkylation sites (tertiary alicyclic amines) is 1. The maximum absolute atomic E-state index is 12.5. The standard InChI is InChI=1S/C17H27N3O3/c1-3-5-8-17(7-4-2)9-12-19(13-10-17)16(23)20-11-6-14(18-20)15(21)22/h6,11H,3-5,7-10,12-13H2,1-2H3,(H,21,22). The van der Waals surface area contributed by atoms with Gasteiger partial charge in [0.1, 0.15) is 0 Å². The molecular formula is C17H27N3O3. The van der Waals surface area contributed by atoms with Crippen molar-refractivity contribution in [2.75, 3.05) is 13.1 Å². The molecule has 6 heteroatoms. The predicted octanol–water partition coefficient (Wildman–Crippen LogP) is 3.62. The maximum atomic E-state index is 12.5. The molecule has 0 radical (unpaired) electrons. The first-order valence-electron chi connectivity index (χ1n) is 8.59. The number of hydrogen-bond acceptors (Lipinski definition) is 3. The molecule has 0 atom stereocenters. The van der Waals surface area contributed by atoms with E-state index >= 15 is 0 Å². The lowest BCUT2D eigenvalue weighted by atomic mass is 9.71. The lowest BCUT2D eigenvalue weighted by Gasteiger charge is -2.42. The highest BCUT2D eigenvalue weighted by Crippen LogP contribution is 2.40. The van der Waals surface area contributed by atoms with Crippen molar-refractivity contribution in [3.05, 3.63) is 18.0 Å². The molecule has 1 fully saturated rings. The zero-order valence-electron chi connectivity index (χ0n) is 14.1. The van der Waals surface area contributed by atoms with Gasteiger partial charge in [-0.2, -0.15) is 9.78 Å². The van der Waals surface area contributed by atoms with Gasteiger partial charge in [-0.05, 0) is 37.2 Å². The Labute approximate surface area is 137 Å². The van der Waals surface area contributed by atoms with Gasteiger partial charge >= 0.3 is 12.0 Å². The highest BCUT2D eigenvalue weighted by atomic mass is 16.4. The summed E-state index contributed by atoms with van der Waals surface area (Å²) >= 11 is 0. The molecule has 0 saturated carbocycles. The van der Waals surface area contributed by atoms with Crippen LogP contribution in [0.3, 0.4) is 0 Å². The highest BCUT2D eigenvalue weighted by molar-refractivity contribution is 5.86. The van der Waals surface area contributed by atoms with E-state index in [1.54, 1.807) is 4.90 Å². The van der Waals surface area contributed by atoms with Gasteiger partial charge in [0.15, 0.2) is 5.69 Å². The Bertz CT molecular complexity index is 545. The van der Waals surface area contributed by atoms with Crippen molar-refractivity contribution in [1.29, 1.82) is 0 Å². The summed E-state index contributed by atoms with van der Waals surface area (Å²) in [6.45, 7) is 5.90. The molecule has 0 bridgehead atoms. The fraction of sp³-hybridized carbons (Fsp3) is 0.706. The molecule has 2 rings (SSSR count). The molecule has 1 amide bonds. The number of carboxylic acid groups (broad SMARTS) is 1. The van der Waals surface area contributed by atoms with Crippen LogP contribution in [0.2, 0.25) is 0 Å². The quantitative estimate of drug-likeness (QED) is 0.868. The lowest BCUT2D eigenvalue weighted by molar-refractivity contribution is 0.0689. The van der Waals surface area contributed by atoms with Crippen molar-refractivity contribution in [2.45, 2.75) is 58.8 Å². The first kappa shape index (κ1) is 17.5. The Morgan fingerprint density at radius 3 is 2.43 bits per heavy atom. The molecule has 1 aliphatic heterocycles. The number of aromatic carboxylic acids is 1. The normalized spacial score (nSPS) is 17.2. The molecule has 0 aromatic carbocycles. The number of hydrogen-bond donors (Lipinski definition) is 1. The number of carbonyl (C=O) groups excluding carboxylic acids is 1. The van der Waals surface area contributed by atoms with Crippen molar-refractivity contribution in [3.63, 3.8) is 0 Å². The van der Waals surface area contributed by atoms with Crippen LogP contribution in [0.1, 0.15) is 69.3 Å². The molecule has 128 valence electrons. The summed E-state index contributed by atoms with van der Waals surface area (Å²) in [4.78, 5) is 25.1. The zero-order chi connectivity index (χ0) is 16.9. The Hall–Kier alpha value is -1.85. The smallest absolute Gasteiger partial charge is 0.356 e. The third-order valence-electron chi connectivity index (χ3n) is 4.94. The first-order valence-corrected chi connectivity index (χ1v) is 8.59. The average Bonchev–Trinajstić information content (AvgIpc) is 3.04. The van der Waals surface area contributed by atoms with Gasteiger partial charge in [0.2, 0.25) is 0 Å². The molecule has 23 heavy (non-hydrogen) atoms. The summed E-state index contributed by atoms with van der Waals surface area (Å²) in [5.74, 6) is -1.11. The molecule has 2 heterocycles. The van der Waals surface area contributed by atoms with E-state index in [9.17, 15) is 9.59 Å². The average molecular weight is 321 g/mol. The number of piperidine rings is 1. The van der Waals surface area contributed by atoms with Crippen molar-refractivity contribution >= 4 is 12.0 Å².